The summed E-state index contributed by atoms with van der Waals surface area (Å²) in [4.78, 5) is 29.2. The van der Waals surface area contributed by atoms with E-state index in [2.05, 4.69) is 103 Å². The second kappa shape index (κ2) is 12.6. The number of amides is 2. The quantitative estimate of drug-likeness (QED) is 0.106. The molecule has 1 saturated heterocycles. The van der Waals surface area contributed by atoms with Gasteiger partial charge in [0.2, 0.25) is 0 Å². The highest BCUT2D eigenvalue weighted by Crippen LogP contribution is 2.46. The van der Waals surface area contributed by atoms with E-state index in [0.717, 1.165) is 0 Å². The van der Waals surface area contributed by atoms with Gasteiger partial charge >= 0.3 is 6.03 Å². The van der Waals surface area contributed by atoms with E-state index in [4.69, 9.17) is 13.6 Å². The summed E-state index contributed by atoms with van der Waals surface area (Å²) in [6, 6.07) is 8.66. The van der Waals surface area contributed by atoms with E-state index in [1.165, 1.54) is 6.33 Å². The molecule has 1 fully saturated rings. The molecular weight excluding hydrogens is 595 g/mol. The van der Waals surface area contributed by atoms with Crippen LogP contribution in [0.2, 0.25) is 36.3 Å². The van der Waals surface area contributed by atoms with E-state index in [-0.39, 0.29) is 22.4 Å². The lowest BCUT2D eigenvalue weighted by Crippen LogP contribution is -2.53. The third kappa shape index (κ3) is 7.14. The van der Waals surface area contributed by atoms with Crippen molar-refractivity contribution in [3.8, 4) is 0 Å². The number of carbonyl (C=O) groups is 1. The molecule has 15 heteroatoms. The van der Waals surface area contributed by atoms with Crippen LogP contribution in [0.4, 0.5) is 16.3 Å². The van der Waals surface area contributed by atoms with Crippen LogP contribution in [0, 0.1) is 0 Å². The molecule has 4 rings (SSSR count). The molecular formula is C29H45N9O4Si2. The van der Waals surface area contributed by atoms with Crippen LogP contribution in [0.25, 0.3) is 21.6 Å². The number of nitrogens with one attached hydrogen (secondary N) is 2. The number of benzene rings is 1. The molecule has 2 amide bonds. The third-order valence-electron chi connectivity index (χ3n) is 8.98. The summed E-state index contributed by atoms with van der Waals surface area (Å²) in [5, 5.41) is 9.28. The highest BCUT2D eigenvalue weighted by atomic mass is 28.4. The number of urea groups is 1. The monoisotopic (exact) mass is 639 g/mol. The Morgan fingerprint density at radius 1 is 0.977 bits per heavy atom. The van der Waals surface area contributed by atoms with Crippen molar-refractivity contribution in [3.63, 3.8) is 0 Å². The van der Waals surface area contributed by atoms with Gasteiger partial charge in [-0.05, 0) is 53.9 Å². The number of imidazole rings is 1. The van der Waals surface area contributed by atoms with Gasteiger partial charge in [0.1, 0.15) is 18.5 Å². The van der Waals surface area contributed by atoms with Crippen molar-refractivity contribution in [2.45, 2.75) is 102 Å². The van der Waals surface area contributed by atoms with E-state index in [0.29, 0.717) is 16.9 Å². The Bertz CT molecular complexity index is 1510. The molecule has 2 N–H and O–H groups in total. The third-order valence-corrected chi connectivity index (χ3v) is 17.9. The van der Waals surface area contributed by atoms with Crippen LogP contribution in [-0.4, -0.2) is 67.0 Å². The van der Waals surface area contributed by atoms with Crippen molar-refractivity contribution in [2.75, 3.05) is 17.2 Å². The van der Waals surface area contributed by atoms with Gasteiger partial charge in [-0.15, -0.1) is 0 Å². The summed E-state index contributed by atoms with van der Waals surface area (Å²) in [7, 11) is -4.69. The number of carbonyl (C=O) groups excluding carboxylic acids is 1. The van der Waals surface area contributed by atoms with Crippen LogP contribution in [0.15, 0.2) is 48.1 Å². The van der Waals surface area contributed by atoms with E-state index < -0.39 is 47.2 Å². The first-order chi connectivity index (χ1) is 20.4. The van der Waals surface area contributed by atoms with Crippen LogP contribution in [0.5, 0.6) is 0 Å². The number of ether oxygens (including phenoxy) is 1. The van der Waals surface area contributed by atoms with Gasteiger partial charge in [0.15, 0.2) is 39.8 Å². The number of aromatic nitrogens is 4. The Kier molecular flexibility index (Phi) is 9.59. The molecule has 0 radical (unpaired) electrons. The van der Waals surface area contributed by atoms with Gasteiger partial charge in [-0.1, -0.05) is 64.9 Å². The number of azide groups is 1. The van der Waals surface area contributed by atoms with Gasteiger partial charge in [-0.25, -0.2) is 19.7 Å². The minimum absolute atomic E-state index is 0.0779. The number of anilines is 2. The maximum atomic E-state index is 12.8. The number of para-hydroxylation sites is 1. The Morgan fingerprint density at radius 2 is 1.59 bits per heavy atom. The van der Waals surface area contributed by atoms with Gasteiger partial charge in [0.25, 0.3) is 0 Å². The average molecular weight is 640 g/mol. The summed E-state index contributed by atoms with van der Waals surface area (Å²) in [5.41, 5.74) is 10.7. The lowest BCUT2D eigenvalue weighted by Gasteiger charge is -2.44. The predicted octanol–water partition coefficient (Wildman–Crippen LogP) is 7.46. The first-order valence-electron chi connectivity index (χ1n) is 14.8. The molecule has 1 aromatic carbocycles. The molecule has 4 atom stereocenters. The fourth-order valence-electron chi connectivity index (χ4n) is 4.42. The Balaban J connectivity index is 1.75. The molecule has 1 aliphatic heterocycles. The predicted molar refractivity (Wildman–Crippen MR) is 176 cm³/mol. The smallest absolute Gasteiger partial charge is 0.324 e. The van der Waals surface area contributed by atoms with Crippen molar-refractivity contribution in [3.05, 3.63) is 53.4 Å². The number of hydrogen-bond acceptors (Lipinski definition) is 8. The largest absolute Gasteiger partial charge is 0.408 e. The van der Waals surface area contributed by atoms with Crippen LogP contribution in [-0.2, 0) is 13.6 Å². The lowest BCUT2D eigenvalue weighted by molar-refractivity contribution is -0.0286. The summed E-state index contributed by atoms with van der Waals surface area (Å²) in [6.07, 6.45) is 0.685. The molecule has 0 unspecified atom stereocenters. The van der Waals surface area contributed by atoms with Crippen molar-refractivity contribution < 1.29 is 18.4 Å². The molecule has 3 heterocycles. The zero-order valence-corrected chi connectivity index (χ0v) is 29.3. The standard InChI is InChI=1S/C29H45N9O4Si2/c1-28(2,3)43(7,8)41-22-20(16-34-37-30)40-26(23(22)42-44(9,10)29(4,5)6)38-18-33-21-24(31-17-32-25(21)38)36-27(39)35-19-14-12-11-13-15-19/h11-15,17-18,20,22-23,26H,16H2,1-10H3,(H2,31,32,35,36,39)/t20-,22-,23-,26-/m1/s1. The highest BCUT2D eigenvalue weighted by Gasteiger charge is 2.54. The topological polar surface area (TPSA) is 161 Å². The van der Waals surface area contributed by atoms with Crippen LogP contribution in [0.3, 0.4) is 0 Å². The fraction of sp³-hybridized carbons (Fsp3) is 0.586. The lowest BCUT2D eigenvalue weighted by atomic mass is 10.1. The molecule has 0 bridgehead atoms. The molecule has 13 nitrogen and oxygen atoms in total. The first kappa shape index (κ1) is 33.6. The maximum Gasteiger partial charge on any atom is 0.324 e. The van der Waals surface area contributed by atoms with E-state index >= 15 is 0 Å². The normalized spacial score (nSPS) is 21.2. The molecule has 3 aromatic rings. The second-order valence-corrected chi connectivity index (χ2v) is 23.7. The Hall–Kier alpha value is -3.34. The molecule has 1 aliphatic rings. The summed E-state index contributed by atoms with van der Waals surface area (Å²) in [6.45, 7) is 21.9. The van der Waals surface area contributed by atoms with Crippen LogP contribution < -0.4 is 10.6 Å². The molecule has 0 spiro atoms. The van der Waals surface area contributed by atoms with Crippen LogP contribution in [0.1, 0.15) is 47.8 Å². The number of rotatable bonds is 9. The van der Waals surface area contributed by atoms with Crippen molar-refractivity contribution >= 4 is 45.3 Å². The Morgan fingerprint density at radius 3 is 2.18 bits per heavy atom. The number of fused-ring (bicyclic) bond motifs is 1. The summed E-state index contributed by atoms with van der Waals surface area (Å²) < 4.78 is 22.6. The van der Waals surface area contributed by atoms with Gasteiger partial charge in [0.05, 0.1) is 19.0 Å². The van der Waals surface area contributed by atoms with Gasteiger partial charge < -0.3 is 18.9 Å². The second-order valence-electron chi connectivity index (χ2n) is 14.2. The maximum absolute atomic E-state index is 12.8. The molecule has 44 heavy (non-hydrogen) atoms. The number of nitrogens with zero attached hydrogens (tertiary/aromatic N) is 7. The van der Waals surface area contributed by atoms with Crippen molar-refractivity contribution in [1.82, 2.24) is 19.5 Å². The van der Waals surface area contributed by atoms with E-state index in [9.17, 15) is 10.3 Å². The summed E-state index contributed by atoms with van der Waals surface area (Å²) >= 11 is 0. The van der Waals surface area contributed by atoms with Crippen molar-refractivity contribution in [2.24, 2.45) is 5.11 Å². The molecule has 0 saturated carbocycles. The van der Waals surface area contributed by atoms with Crippen LogP contribution >= 0.6 is 0 Å². The summed E-state index contributed by atoms with van der Waals surface area (Å²) in [5.74, 6) is 0.252. The molecule has 2 aromatic heterocycles. The van der Waals surface area contributed by atoms with Gasteiger partial charge in [0, 0.05) is 10.6 Å². The SMILES string of the molecule is CC(C)(C)[Si](C)(C)O[C@@H]1[C@H](O[Si](C)(C)C(C)(C)C)[C@@H](CN=[N+]=[N-])O[C@H]1n1cnc2c(NC(=O)Nc3ccccc3)ncnc21. The number of hydrogen-bond donors (Lipinski definition) is 2. The first-order valence-corrected chi connectivity index (χ1v) is 20.6. The van der Waals surface area contributed by atoms with Gasteiger partial charge in [-0.2, -0.15) is 0 Å². The minimum Gasteiger partial charge on any atom is -0.408 e. The molecule has 0 aliphatic carbocycles. The Labute approximate surface area is 261 Å². The zero-order chi connectivity index (χ0) is 32.5. The highest BCUT2D eigenvalue weighted by molar-refractivity contribution is 6.74. The minimum atomic E-state index is -2.37. The fourth-order valence-corrected chi connectivity index (χ4v) is 7.02. The average Bonchev–Trinajstić information content (AvgIpc) is 3.48. The van der Waals surface area contributed by atoms with E-state index in [1.54, 1.807) is 23.0 Å². The molecule has 238 valence electrons. The van der Waals surface area contributed by atoms with Crippen molar-refractivity contribution in [1.29, 1.82) is 0 Å². The van der Waals surface area contributed by atoms with E-state index in [1.807, 2.05) is 18.2 Å². The zero-order valence-electron chi connectivity index (χ0n) is 27.3. The van der Waals surface area contributed by atoms with Gasteiger partial charge in [-0.3, -0.25) is 9.88 Å².